The molecule has 1 saturated carbocycles. The second-order valence-electron chi connectivity index (χ2n) is 4.29. The van der Waals surface area contributed by atoms with Crippen LogP contribution in [-0.4, -0.2) is 6.04 Å². The van der Waals surface area contributed by atoms with Crippen LogP contribution in [-0.2, 0) is 6.42 Å². The van der Waals surface area contributed by atoms with E-state index in [2.05, 4.69) is 0 Å². The van der Waals surface area contributed by atoms with Crippen LogP contribution < -0.4 is 5.73 Å². The Morgan fingerprint density at radius 3 is 2.80 bits per heavy atom. The molecule has 1 aliphatic carbocycles. The predicted molar refractivity (Wildman–Crippen MR) is 60.4 cm³/mol. The molecule has 1 fully saturated rings. The van der Waals surface area contributed by atoms with Gasteiger partial charge in [-0.1, -0.05) is 24.1 Å². The first kappa shape index (κ1) is 10.9. The fourth-order valence-electron chi connectivity index (χ4n) is 2.29. The van der Waals surface area contributed by atoms with E-state index in [9.17, 15) is 4.39 Å². The van der Waals surface area contributed by atoms with Gasteiger partial charge >= 0.3 is 0 Å². The maximum absolute atomic E-state index is 13.5. The normalized spacial score (nSPS) is 25.8. The van der Waals surface area contributed by atoms with E-state index in [4.69, 9.17) is 17.3 Å². The summed E-state index contributed by atoms with van der Waals surface area (Å²) in [6.07, 6.45) is 4.09. The third-order valence-corrected chi connectivity index (χ3v) is 3.45. The lowest BCUT2D eigenvalue weighted by molar-refractivity contribution is 0.467. The lowest BCUT2D eigenvalue weighted by Gasteiger charge is -2.15. The molecule has 3 heteroatoms. The molecule has 2 unspecified atom stereocenters. The highest BCUT2D eigenvalue weighted by Crippen LogP contribution is 2.28. The van der Waals surface area contributed by atoms with Crippen molar-refractivity contribution in [3.8, 4) is 0 Å². The Morgan fingerprint density at radius 1 is 1.40 bits per heavy atom. The highest BCUT2D eigenvalue weighted by molar-refractivity contribution is 6.30. The first-order chi connectivity index (χ1) is 7.16. The molecule has 0 amide bonds. The van der Waals surface area contributed by atoms with Gasteiger partial charge in [0.25, 0.3) is 0 Å². The van der Waals surface area contributed by atoms with Gasteiger partial charge in [0.05, 0.1) is 0 Å². The minimum absolute atomic E-state index is 0.207. The van der Waals surface area contributed by atoms with E-state index in [1.54, 1.807) is 12.1 Å². The van der Waals surface area contributed by atoms with E-state index < -0.39 is 0 Å². The molecular formula is C12H15ClFN. The summed E-state index contributed by atoms with van der Waals surface area (Å²) in [7, 11) is 0. The van der Waals surface area contributed by atoms with Gasteiger partial charge in [-0.3, -0.25) is 0 Å². The van der Waals surface area contributed by atoms with Gasteiger partial charge < -0.3 is 5.73 Å². The number of hydrogen-bond donors (Lipinski definition) is 1. The first-order valence-electron chi connectivity index (χ1n) is 5.36. The summed E-state index contributed by atoms with van der Waals surface area (Å²) in [5.74, 6) is 0.224. The average molecular weight is 228 g/mol. The van der Waals surface area contributed by atoms with Crippen molar-refractivity contribution in [1.82, 2.24) is 0 Å². The zero-order valence-electron chi connectivity index (χ0n) is 8.55. The minimum atomic E-state index is -0.207. The van der Waals surface area contributed by atoms with E-state index >= 15 is 0 Å². The molecule has 0 radical (unpaired) electrons. The van der Waals surface area contributed by atoms with Crippen LogP contribution >= 0.6 is 11.6 Å². The Kier molecular flexibility index (Phi) is 3.27. The Labute approximate surface area is 94.4 Å². The van der Waals surface area contributed by atoms with Crippen LogP contribution in [0.2, 0.25) is 5.02 Å². The fourth-order valence-corrected chi connectivity index (χ4v) is 2.45. The predicted octanol–water partition coefficient (Wildman–Crippen LogP) is 3.15. The van der Waals surface area contributed by atoms with E-state index in [1.165, 1.54) is 12.5 Å². The van der Waals surface area contributed by atoms with E-state index in [-0.39, 0.29) is 11.9 Å². The van der Waals surface area contributed by atoms with Gasteiger partial charge in [-0.05, 0) is 42.9 Å². The zero-order valence-corrected chi connectivity index (χ0v) is 9.30. The fraction of sp³-hybridized carbons (Fsp3) is 0.500. The summed E-state index contributed by atoms with van der Waals surface area (Å²) < 4.78 is 13.5. The van der Waals surface area contributed by atoms with Gasteiger partial charge in [0, 0.05) is 11.1 Å². The quantitative estimate of drug-likeness (QED) is 0.825. The highest BCUT2D eigenvalue weighted by Gasteiger charge is 2.24. The molecule has 0 saturated heterocycles. The molecular weight excluding hydrogens is 213 g/mol. The Balaban J connectivity index is 2.10. The lowest BCUT2D eigenvalue weighted by atomic mass is 9.95. The summed E-state index contributed by atoms with van der Waals surface area (Å²) in [4.78, 5) is 0. The molecule has 2 N–H and O–H groups in total. The third kappa shape index (κ3) is 2.50. The molecule has 2 atom stereocenters. The van der Waals surface area contributed by atoms with E-state index in [0.717, 1.165) is 24.8 Å². The van der Waals surface area contributed by atoms with Crippen molar-refractivity contribution in [3.63, 3.8) is 0 Å². The smallest absolute Gasteiger partial charge is 0.127 e. The van der Waals surface area contributed by atoms with Crippen LogP contribution in [0.5, 0.6) is 0 Å². The average Bonchev–Trinajstić information content (AvgIpc) is 2.57. The Morgan fingerprint density at radius 2 is 2.20 bits per heavy atom. The summed E-state index contributed by atoms with van der Waals surface area (Å²) in [5, 5.41) is 0.451. The van der Waals surface area contributed by atoms with Gasteiger partial charge in [0.2, 0.25) is 0 Å². The van der Waals surface area contributed by atoms with Crippen molar-refractivity contribution in [2.45, 2.75) is 31.7 Å². The van der Waals surface area contributed by atoms with Crippen molar-refractivity contribution in [2.75, 3.05) is 0 Å². The van der Waals surface area contributed by atoms with Crippen LogP contribution in [0.3, 0.4) is 0 Å². The monoisotopic (exact) mass is 227 g/mol. The van der Waals surface area contributed by atoms with Gasteiger partial charge in [-0.2, -0.15) is 0 Å². The second kappa shape index (κ2) is 4.50. The molecule has 15 heavy (non-hydrogen) atoms. The topological polar surface area (TPSA) is 26.0 Å². The molecule has 2 rings (SSSR count). The van der Waals surface area contributed by atoms with Gasteiger partial charge in [-0.25, -0.2) is 4.39 Å². The Bertz CT molecular complexity index is 353. The summed E-state index contributed by atoms with van der Waals surface area (Å²) in [6, 6.07) is 5.11. The van der Waals surface area contributed by atoms with Crippen LogP contribution in [0.25, 0.3) is 0 Å². The molecule has 1 aliphatic rings. The van der Waals surface area contributed by atoms with Crippen LogP contribution in [0, 0.1) is 11.7 Å². The van der Waals surface area contributed by atoms with Crippen molar-refractivity contribution in [2.24, 2.45) is 11.7 Å². The SMILES string of the molecule is NC1CCCC1Cc1ccc(Cl)cc1F. The van der Waals surface area contributed by atoms with Gasteiger partial charge in [-0.15, -0.1) is 0 Å². The van der Waals surface area contributed by atoms with Crippen molar-refractivity contribution < 1.29 is 4.39 Å². The van der Waals surface area contributed by atoms with Gasteiger partial charge in [0.15, 0.2) is 0 Å². The van der Waals surface area contributed by atoms with Crippen LogP contribution in [0.1, 0.15) is 24.8 Å². The summed E-state index contributed by atoms with van der Waals surface area (Å²) in [6.45, 7) is 0. The largest absolute Gasteiger partial charge is 0.327 e. The van der Waals surface area contributed by atoms with Crippen LogP contribution in [0.4, 0.5) is 4.39 Å². The molecule has 1 nitrogen and oxygen atoms in total. The standard InChI is InChI=1S/C12H15ClFN/c13-10-5-4-8(11(14)7-10)6-9-2-1-3-12(9)15/h4-5,7,9,12H,1-3,6,15H2. The number of benzene rings is 1. The molecule has 0 heterocycles. The maximum Gasteiger partial charge on any atom is 0.127 e. The van der Waals surface area contributed by atoms with Crippen molar-refractivity contribution in [1.29, 1.82) is 0 Å². The first-order valence-corrected chi connectivity index (χ1v) is 5.74. The highest BCUT2D eigenvalue weighted by atomic mass is 35.5. The number of nitrogens with two attached hydrogens (primary N) is 1. The van der Waals surface area contributed by atoms with Crippen LogP contribution in [0.15, 0.2) is 18.2 Å². The molecule has 0 bridgehead atoms. The summed E-state index contributed by atoms with van der Waals surface area (Å²) in [5.41, 5.74) is 6.70. The molecule has 1 aromatic rings. The Hall–Kier alpha value is -0.600. The van der Waals surface area contributed by atoms with Crippen molar-refractivity contribution in [3.05, 3.63) is 34.6 Å². The molecule has 0 spiro atoms. The number of halogens is 2. The minimum Gasteiger partial charge on any atom is -0.327 e. The van der Waals surface area contributed by atoms with Gasteiger partial charge in [0.1, 0.15) is 5.82 Å². The number of hydrogen-bond acceptors (Lipinski definition) is 1. The van der Waals surface area contributed by atoms with Crippen molar-refractivity contribution >= 4 is 11.6 Å². The third-order valence-electron chi connectivity index (χ3n) is 3.22. The molecule has 0 aliphatic heterocycles. The van der Waals surface area contributed by atoms with E-state index in [0.29, 0.717) is 10.9 Å². The summed E-state index contributed by atoms with van der Waals surface area (Å²) >= 11 is 5.70. The molecule has 82 valence electrons. The second-order valence-corrected chi connectivity index (χ2v) is 4.73. The maximum atomic E-state index is 13.5. The van der Waals surface area contributed by atoms with E-state index in [1.807, 2.05) is 0 Å². The molecule has 1 aromatic carbocycles. The zero-order chi connectivity index (χ0) is 10.8. The number of rotatable bonds is 2. The molecule has 0 aromatic heterocycles. The lowest BCUT2D eigenvalue weighted by Crippen LogP contribution is -2.26.